The van der Waals surface area contributed by atoms with Gasteiger partial charge in [-0.15, -0.1) is 12.4 Å². The quantitative estimate of drug-likeness (QED) is 0.907. The number of hydrogen-bond donors (Lipinski definition) is 1. The molecule has 104 valence electrons. The summed E-state index contributed by atoms with van der Waals surface area (Å²) in [4.78, 5) is 0.345. The minimum Gasteiger partial charge on any atom is -0.324 e. The molecule has 3 nitrogen and oxygen atoms in total. The maximum Gasteiger partial charge on any atom is 0.175 e. The van der Waals surface area contributed by atoms with E-state index >= 15 is 0 Å². The van der Waals surface area contributed by atoms with E-state index in [1.807, 2.05) is 0 Å². The Labute approximate surface area is 116 Å². The van der Waals surface area contributed by atoms with Crippen molar-refractivity contribution in [1.29, 1.82) is 0 Å². The molecule has 0 aliphatic rings. The first-order valence-corrected chi connectivity index (χ1v) is 7.75. The molecule has 0 spiro atoms. The van der Waals surface area contributed by atoms with Crippen LogP contribution < -0.4 is 5.73 Å². The highest BCUT2D eigenvalue weighted by atomic mass is 35.5. The van der Waals surface area contributed by atoms with Gasteiger partial charge < -0.3 is 5.73 Å². The van der Waals surface area contributed by atoms with Crippen LogP contribution in [0.5, 0.6) is 0 Å². The largest absolute Gasteiger partial charge is 0.324 e. The van der Waals surface area contributed by atoms with Gasteiger partial charge in [0, 0.05) is 12.3 Å². The first-order chi connectivity index (χ1) is 7.80. The summed E-state index contributed by atoms with van der Waals surface area (Å²) in [7, 11) is -3.11. The molecule has 0 aromatic heterocycles. The zero-order valence-electron chi connectivity index (χ0n) is 11.1. The van der Waals surface area contributed by atoms with E-state index < -0.39 is 9.84 Å². The topological polar surface area (TPSA) is 60.2 Å². The van der Waals surface area contributed by atoms with Crippen LogP contribution in [-0.4, -0.2) is 14.7 Å². The summed E-state index contributed by atoms with van der Waals surface area (Å²) < 4.78 is 22.6. The van der Waals surface area contributed by atoms with Gasteiger partial charge in [0.25, 0.3) is 0 Å². The van der Waals surface area contributed by atoms with Crippen LogP contribution in [-0.2, 0) is 9.84 Å². The molecule has 0 saturated carbocycles. The average Bonchev–Trinajstić information content (AvgIpc) is 2.25. The Morgan fingerprint density at radius 3 is 2.00 bits per heavy atom. The van der Waals surface area contributed by atoms with Crippen LogP contribution in [0.4, 0.5) is 0 Å². The van der Waals surface area contributed by atoms with Crippen LogP contribution in [0.2, 0.25) is 0 Å². The van der Waals surface area contributed by atoms with E-state index in [4.69, 9.17) is 5.73 Å². The van der Waals surface area contributed by atoms with Crippen LogP contribution in [0, 0.1) is 5.92 Å². The molecule has 0 radical (unpaired) electrons. The fourth-order valence-corrected chi connectivity index (χ4v) is 2.27. The van der Waals surface area contributed by atoms with Gasteiger partial charge in [0.1, 0.15) is 0 Å². The summed E-state index contributed by atoms with van der Waals surface area (Å²) in [5, 5.41) is 0. The normalized spacial score (nSPS) is 13.2. The highest BCUT2D eigenvalue weighted by Gasteiger charge is 2.10. The van der Waals surface area contributed by atoms with Gasteiger partial charge in [0.05, 0.1) is 4.90 Å². The molecular formula is C13H22ClNO2S. The zero-order valence-corrected chi connectivity index (χ0v) is 12.7. The summed E-state index contributed by atoms with van der Waals surface area (Å²) in [6.45, 7) is 4.33. The Bertz CT molecular complexity index is 454. The third-order valence-corrected chi connectivity index (χ3v) is 3.92. The van der Waals surface area contributed by atoms with Crippen LogP contribution in [0.3, 0.4) is 0 Å². The summed E-state index contributed by atoms with van der Waals surface area (Å²) in [6, 6.07) is 6.86. The van der Waals surface area contributed by atoms with Gasteiger partial charge in [-0.05, 0) is 36.5 Å². The van der Waals surface area contributed by atoms with Gasteiger partial charge in [0.2, 0.25) is 0 Å². The summed E-state index contributed by atoms with van der Waals surface area (Å²) >= 11 is 0. The van der Waals surface area contributed by atoms with E-state index in [1.54, 1.807) is 24.3 Å². The Morgan fingerprint density at radius 1 is 1.11 bits per heavy atom. The number of nitrogens with two attached hydrogens (primary N) is 1. The Hall–Kier alpha value is -0.580. The lowest BCUT2D eigenvalue weighted by atomic mass is 9.98. The van der Waals surface area contributed by atoms with Gasteiger partial charge in [-0.2, -0.15) is 0 Å². The number of rotatable bonds is 5. The lowest BCUT2D eigenvalue weighted by molar-refractivity contribution is 0.507. The number of sulfone groups is 1. The highest BCUT2D eigenvalue weighted by molar-refractivity contribution is 7.90. The van der Waals surface area contributed by atoms with Crippen molar-refractivity contribution in [2.24, 2.45) is 11.7 Å². The lowest BCUT2D eigenvalue weighted by Crippen LogP contribution is -2.11. The Morgan fingerprint density at radius 2 is 1.61 bits per heavy atom. The molecule has 1 rings (SSSR count). The fraction of sp³-hybridized carbons (Fsp3) is 0.538. The molecule has 0 aliphatic heterocycles. The summed E-state index contributed by atoms with van der Waals surface area (Å²) in [6.07, 6.45) is 3.21. The molecule has 0 unspecified atom stereocenters. The SMILES string of the molecule is CC(C)CC[C@@H](N)c1ccc(S(C)(=O)=O)cc1.Cl. The van der Waals surface area contributed by atoms with Crippen molar-refractivity contribution in [3.05, 3.63) is 29.8 Å². The number of halogens is 1. The monoisotopic (exact) mass is 291 g/mol. The molecule has 0 bridgehead atoms. The van der Waals surface area contributed by atoms with Gasteiger partial charge in [-0.3, -0.25) is 0 Å². The smallest absolute Gasteiger partial charge is 0.175 e. The molecule has 1 aromatic carbocycles. The standard InChI is InChI=1S/C13H21NO2S.ClH/c1-10(2)4-9-13(14)11-5-7-12(8-6-11)17(3,15)16;/h5-8,10,13H,4,9,14H2,1-3H3;1H/t13-;/m1./s1. The van der Waals surface area contributed by atoms with E-state index in [-0.39, 0.29) is 18.4 Å². The number of hydrogen-bond acceptors (Lipinski definition) is 3. The molecule has 2 N–H and O–H groups in total. The first-order valence-electron chi connectivity index (χ1n) is 5.86. The molecule has 0 amide bonds. The van der Waals surface area contributed by atoms with Crippen molar-refractivity contribution in [3.63, 3.8) is 0 Å². The molecule has 0 heterocycles. The van der Waals surface area contributed by atoms with Crippen molar-refractivity contribution in [2.45, 2.75) is 37.6 Å². The van der Waals surface area contributed by atoms with Crippen molar-refractivity contribution in [3.8, 4) is 0 Å². The molecule has 18 heavy (non-hydrogen) atoms. The third-order valence-electron chi connectivity index (χ3n) is 2.79. The minimum atomic E-state index is -3.11. The van der Waals surface area contributed by atoms with Gasteiger partial charge >= 0.3 is 0 Å². The van der Waals surface area contributed by atoms with E-state index in [0.717, 1.165) is 18.4 Å². The highest BCUT2D eigenvalue weighted by Crippen LogP contribution is 2.20. The third kappa shape index (κ3) is 5.38. The van der Waals surface area contributed by atoms with Crippen molar-refractivity contribution in [2.75, 3.05) is 6.26 Å². The molecule has 1 aromatic rings. The molecule has 5 heteroatoms. The molecule has 0 aliphatic carbocycles. The van der Waals surface area contributed by atoms with Crippen LogP contribution in [0.25, 0.3) is 0 Å². The Kier molecular flexibility index (Phi) is 6.89. The molecule has 0 fully saturated rings. The fourth-order valence-electron chi connectivity index (χ4n) is 1.64. The van der Waals surface area contributed by atoms with Crippen molar-refractivity contribution < 1.29 is 8.42 Å². The predicted molar refractivity (Wildman–Crippen MR) is 77.8 cm³/mol. The van der Waals surface area contributed by atoms with E-state index in [0.29, 0.717) is 10.8 Å². The minimum absolute atomic E-state index is 0. The summed E-state index contributed by atoms with van der Waals surface area (Å²) in [5.41, 5.74) is 7.05. The van der Waals surface area contributed by atoms with E-state index in [9.17, 15) is 8.42 Å². The first kappa shape index (κ1) is 17.4. The molecular weight excluding hydrogens is 270 g/mol. The molecule has 0 saturated heterocycles. The maximum atomic E-state index is 11.3. The number of benzene rings is 1. The van der Waals surface area contributed by atoms with Gasteiger partial charge in [0.15, 0.2) is 9.84 Å². The van der Waals surface area contributed by atoms with Gasteiger partial charge in [-0.1, -0.05) is 26.0 Å². The molecule has 1 atom stereocenters. The van der Waals surface area contributed by atoms with E-state index in [2.05, 4.69) is 13.8 Å². The van der Waals surface area contributed by atoms with Crippen LogP contribution in [0.1, 0.15) is 38.3 Å². The second-order valence-electron chi connectivity index (χ2n) is 4.92. The predicted octanol–water partition coefficient (Wildman–Crippen LogP) is 2.95. The second kappa shape index (κ2) is 7.12. The van der Waals surface area contributed by atoms with Crippen LogP contribution in [0.15, 0.2) is 29.2 Å². The maximum absolute atomic E-state index is 11.3. The average molecular weight is 292 g/mol. The Balaban J connectivity index is 0.00000289. The van der Waals surface area contributed by atoms with E-state index in [1.165, 1.54) is 6.26 Å². The lowest BCUT2D eigenvalue weighted by Gasteiger charge is -2.13. The second-order valence-corrected chi connectivity index (χ2v) is 6.93. The van der Waals surface area contributed by atoms with Crippen molar-refractivity contribution >= 4 is 22.2 Å². The summed E-state index contributed by atoms with van der Waals surface area (Å²) in [5.74, 6) is 0.636. The zero-order chi connectivity index (χ0) is 13.1. The van der Waals surface area contributed by atoms with Crippen molar-refractivity contribution in [1.82, 2.24) is 0 Å². The van der Waals surface area contributed by atoms with Crippen LogP contribution >= 0.6 is 12.4 Å². The van der Waals surface area contributed by atoms with Gasteiger partial charge in [-0.25, -0.2) is 8.42 Å².